The maximum atomic E-state index is 11.7. The molecule has 36 heavy (non-hydrogen) atoms. The third-order valence-electron chi connectivity index (χ3n) is 5.74. The van der Waals surface area contributed by atoms with E-state index in [1.807, 2.05) is 36.4 Å². The second-order valence-electron chi connectivity index (χ2n) is 8.04. The fourth-order valence-electron chi connectivity index (χ4n) is 3.95. The number of morpholine rings is 1. The lowest BCUT2D eigenvalue weighted by atomic mass is 10.0. The molecule has 10 nitrogen and oxygen atoms in total. The lowest BCUT2D eigenvalue weighted by Gasteiger charge is -2.28. The minimum atomic E-state index is -0.279. The summed E-state index contributed by atoms with van der Waals surface area (Å²) in [6, 6.07) is 11.3. The fourth-order valence-corrected chi connectivity index (χ4v) is 3.95. The molecule has 1 aliphatic heterocycles. The zero-order chi connectivity index (χ0) is 24.9. The third kappa shape index (κ3) is 4.93. The number of carbonyl (C=O) groups excluding carboxylic acids is 1. The third-order valence-corrected chi connectivity index (χ3v) is 5.74. The molecule has 1 saturated heterocycles. The first kappa shape index (κ1) is 23.2. The highest BCUT2D eigenvalue weighted by Crippen LogP contribution is 2.31. The van der Waals surface area contributed by atoms with E-state index in [0.717, 1.165) is 35.4 Å². The molecule has 3 aromatic heterocycles. The Hall–Kier alpha value is -4.57. The van der Waals surface area contributed by atoms with Crippen LogP contribution in [0.5, 0.6) is 5.88 Å². The predicted molar refractivity (Wildman–Crippen MR) is 139 cm³/mol. The Labute approximate surface area is 208 Å². The summed E-state index contributed by atoms with van der Waals surface area (Å²) in [6.07, 6.45) is 6.40. The van der Waals surface area contributed by atoms with Gasteiger partial charge in [0.1, 0.15) is 11.5 Å². The molecule has 0 bridgehead atoms. The van der Waals surface area contributed by atoms with E-state index in [2.05, 4.69) is 37.1 Å². The van der Waals surface area contributed by atoms with E-state index >= 15 is 0 Å². The van der Waals surface area contributed by atoms with Crippen LogP contribution in [0.15, 0.2) is 67.6 Å². The second-order valence-corrected chi connectivity index (χ2v) is 8.04. The number of hydrogen-bond acceptors (Lipinski definition) is 9. The summed E-state index contributed by atoms with van der Waals surface area (Å²) in [5.41, 5.74) is 3.68. The van der Waals surface area contributed by atoms with E-state index in [1.54, 1.807) is 25.7 Å². The largest absolute Gasteiger partial charge is 0.479 e. The van der Waals surface area contributed by atoms with E-state index in [-0.39, 0.29) is 5.91 Å². The predicted octanol–water partition coefficient (Wildman–Crippen LogP) is 3.80. The summed E-state index contributed by atoms with van der Waals surface area (Å²) in [4.78, 5) is 32.1. The summed E-state index contributed by atoms with van der Waals surface area (Å²) in [5.74, 6) is 1.39. The van der Waals surface area contributed by atoms with E-state index in [9.17, 15) is 4.79 Å². The summed E-state index contributed by atoms with van der Waals surface area (Å²) in [7, 11) is 1.58. The van der Waals surface area contributed by atoms with Gasteiger partial charge in [0.2, 0.25) is 17.7 Å². The van der Waals surface area contributed by atoms with Gasteiger partial charge in [0, 0.05) is 48.3 Å². The molecule has 0 spiro atoms. The first-order chi connectivity index (χ1) is 17.6. The molecule has 0 saturated carbocycles. The Morgan fingerprint density at radius 1 is 1.14 bits per heavy atom. The minimum Gasteiger partial charge on any atom is -0.479 e. The Bertz CT molecular complexity index is 1420. The standard InChI is InChI=1S/C26H25N7O3/c1-3-23(34)29-19-6-4-5-17(13-19)20-16-27-14-18-15-28-26(32-24(18)20)30-21-7-8-22(31-25(21)35-2)33-9-11-36-12-10-33/h3-8,13-16H,1,9-12H2,2H3,(H,29,34)(H,28,30,32). The highest BCUT2D eigenvalue weighted by atomic mass is 16.5. The number of amides is 1. The zero-order valence-electron chi connectivity index (χ0n) is 19.8. The molecule has 1 aromatic carbocycles. The van der Waals surface area contributed by atoms with Crippen molar-refractivity contribution in [1.29, 1.82) is 0 Å². The lowest BCUT2D eigenvalue weighted by molar-refractivity contribution is -0.111. The molecule has 1 aliphatic rings. The first-order valence-electron chi connectivity index (χ1n) is 11.4. The van der Waals surface area contributed by atoms with Crippen LogP contribution in [-0.4, -0.2) is 59.3 Å². The summed E-state index contributed by atoms with van der Waals surface area (Å²) >= 11 is 0. The Morgan fingerprint density at radius 3 is 2.81 bits per heavy atom. The Balaban J connectivity index is 1.46. The Kier molecular flexibility index (Phi) is 6.67. The van der Waals surface area contributed by atoms with E-state index < -0.39 is 0 Å². The average molecular weight is 484 g/mol. The molecule has 5 rings (SSSR count). The number of fused-ring (bicyclic) bond motifs is 1. The van der Waals surface area contributed by atoms with Crippen molar-refractivity contribution >= 4 is 40.0 Å². The number of pyridine rings is 2. The number of hydrogen-bond donors (Lipinski definition) is 2. The lowest BCUT2D eigenvalue weighted by Crippen LogP contribution is -2.36. The topological polar surface area (TPSA) is 114 Å². The van der Waals surface area contributed by atoms with Crippen LogP contribution < -0.4 is 20.3 Å². The fraction of sp³-hybridized carbons (Fsp3) is 0.192. The van der Waals surface area contributed by atoms with Gasteiger partial charge in [-0.05, 0) is 35.9 Å². The summed E-state index contributed by atoms with van der Waals surface area (Å²) < 4.78 is 11.0. The van der Waals surface area contributed by atoms with Gasteiger partial charge < -0.3 is 25.0 Å². The molecule has 0 unspecified atom stereocenters. The SMILES string of the molecule is C=CC(=O)Nc1cccc(-c2cncc3cnc(Nc4ccc(N5CCOCC5)nc4OC)nc23)c1. The Morgan fingerprint density at radius 2 is 2.00 bits per heavy atom. The van der Waals surface area contributed by atoms with Crippen LogP contribution in [0.3, 0.4) is 0 Å². The van der Waals surface area contributed by atoms with Gasteiger partial charge in [0.25, 0.3) is 0 Å². The number of rotatable bonds is 7. The molecule has 10 heteroatoms. The zero-order valence-corrected chi connectivity index (χ0v) is 19.8. The number of nitrogens with one attached hydrogen (secondary N) is 2. The van der Waals surface area contributed by atoms with Crippen molar-refractivity contribution in [3.05, 3.63) is 67.6 Å². The van der Waals surface area contributed by atoms with Gasteiger partial charge in [0.15, 0.2) is 0 Å². The molecule has 4 heterocycles. The molecular weight excluding hydrogens is 458 g/mol. The van der Waals surface area contributed by atoms with Crippen molar-refractivity contribution in [3.63, 3.8) is 0 Å². The van der Waals surface area contributed by atoms with Crippen LogP contribution in [-0.2, 0) is 9.53 Å². The van der Waals surface area contributed by atoms with Crippen LogP contribution in [0.4, 0.5) is 23.1 Å². The van der Waals surface area contributed by atoms with Crippen LogP contribution >= 0.6 is 0 Å². The number of aromatic nitrogens is 4. The first-order valence-corrected chi connectivity index (χ1v) is 11.4. The smallest absolute Gasteiger partial charge is 0.247 e. The monoisotopic (exact) mass is 483 g/mol. The normalized spacial score (nSPS) is 13.3. The number of nitrogens with zero attached hydrogens (tertiary/aromatic N) is 5. The number of methoxy groups -OCH3 is 1. The van der Waals surface area contributed by atoms with Gasteiger partial charge in [-0.1, -0.05) is 18.7 Å². The van der Waals surface area contributed by atoms with Gasteiger partial charge >= 0.3 is 0 Å². The summed E-state index contributed by atoms with van der Waals surface area (Å²) in [6.45, 7) is 6.42. The number of carbonyl (C=O) groups is 1. The van der Waals surface area contributed by atoms with Gasteiger partial charge in [0.05, 0.1) is 25.8 Å². The molecule has 0 aliphatic carbocycles. The van der Waals surface area contributed by atoms with Gasteiger partial charge in [-0.3, -0.25) is 9.78 Å². The van der Waals surface area contributed by atoms with Crippen molar-refractivity contribution in [3.8, 4) is 17.0 Å². The second kappa shape index (κ2) is 10.4. The van der Waals surface area contributed by atoms with Crippen LogP contribution in [0, 0.1) is 0 Å². The van der Waals surface area contributed by atoms with E-state index in [1.165, 1.54) is 6.08 Å². The van der Waals surface area contributed by atoms with Crippen molar-refractivity contribution in [1.82, 2.24) is 19.9 Å². The molecule has 2 N–H and O–H groups in total. The molecule has 1 fully saturated rings. The van der Waals surface area contributed by atoms with Gasteiger partial charge in [-0.25, -0.2) is 9.97 Å². The molecule has 1 amide bonds. The molecule has 0 radical (unpaired) electrons. The van der Waals surface area contributed by atoms with E-state index in [4.69, 9.17) is 14.5 Å². The van der Waals surface area contributed by atoms with Gasteiger partial charge in [-0.2, -0.15) is 4.98 Å². The quantitative estimate of drug-likeness (QED) is 0.379. The number of benzene rings is 1. The molecule has 0 atom stereocenters. The van der Waals surface area contributed by atoms with Crippen LogP contribution in [0.2, 0.25) is 0 Å². The highest BCUT2D eigenvalue weighted by Gasteiger charge is 2.16. The average Bonchev–Trinajstić information content (AvgIpc) is 2.93. The van der Waals surface area contributed by atoms with Gasteiger partial charge in [-0.15, -0.1) is 0 Å². The van der Waals surface area contributed by atoms with Crippen LogP contribution in [0.25, 0.3) is 22.0 Å². The highest BCUT2D eigenvalue weighted by molar-refractivity contribution is 6.00. The van der Waals surface area contributed by atoms with Crippen molar-refractivity contribution in [2.75, 3.05) is 48.9 Å². The molecular formula is C26H25N7O3. The van der Waals surface area contributed by atoms with Crippen LogP contribution in [0.1, 0.15) is 0 Å². The number of anilines is 4. The van der Waals surface area contributed by atoms with Crippen molar-refractivity contribution < 1.29 is 14.3 Å². The molecule has 182 valence electrons. The van der Waals surface area contributed by atoms with E-state index in [0.29, 0.717) is 41.9 Å². The van der Waals surface area contributed by atoms with Crippen molar-refractivity contribution in [2.24, 2.45) is 0 Å². The molecule has 4 aromatic rings. The number of ether oxygens (including phenoxy) is 2. The summed E-state index contributed by atoms with van der Waals surface area (Å²) in [5, 5.41) is 6.79. The minimum absolute atomic E-state index is 0.279. The maximum Gasteiger partial charge on any atom is 0.247 e. The van der Waals surface area contributed by atoms with Crippen molar-refractivity contribution in [2.45, 2.75) is 0 Å². The maximum absolute atomic E-state index is 11.7.